The Kier molecular flexibility index (Phi) is 8.36. The summed E-state index contributed by atoms with van der Waals surface area (Å²) in [5.74, 6) is -2.18. The highest BCUT2D eigenvalue weighted by Gasteiger charge is 2.71. The predicted octanol–water partition coefficient (Wildman–Crippen LogP) is 2.43. The number of hydrogen-bond acceptors (Lipinski definition) is 7. The van der Waals surface area contributed by atoms with Crippen molar-refractivity contribution in [3.05, 3.63) is 59.2 Å². The van der Waals surface area contributed by atoms with Crippen molar-refractivity contribution in [3.8, 4) is 0 Å². The van der Waals surface area contributed by atoms with Gasteiger partial charge in [0.15, 0.2) is 9.84 Å². The van der Waals surface area contributed by atoms with Crippen LogP contribution in [0.15, 0.2) is 47.4 Å². The molecule has 0 aliphatic carbocycles. The molecule has 1 aliphatic heterocycles. The molecule has 2 amide bonds. The van der Waals surface area contributed by atoms with Gasteiger partial charge in [-0.1, -0.05) is 18.2 Å². The number of rotatable bonds is 8. The number of carbonyl (C=O) groups excluding carboxylic acids is 2. The number of ether oxygens (including phenoxy) is 1. The zero-order valence-electron chi connectivity index (χ0n) is 20.0. The zero-order valence-corrected chi connectivity index (χ0v) is 20.8. The molecule has 0 aromatic heterocycles. The first-order valence-electron chi connectivity index (χ1n) is 11.0. The van der Waals surface area contributed by atoms with Crippen molar-refractivity contribution in [2.45, 2.75) is 35.4 Å². The third kappa shape index (κ3) is 5.73. The summed E-state index contributed by atoms with van der Waals surface area (Å²) in [5.41, 5.74) is -6.49. The summed E-state index contributed by atoms with van der Waals surface area (Å²) in [4.78, 5) is 26.3. The number of methoxy groups -OCH3 is 1. The van der Waals surface area contributed by atoms with E-state index in [0.29, 0.717) is 24.3 Å². The standard InChI is InChI=1S/C23H22F6N2O7S/c1-38-8-9-39(36,37)16-6-7-17-13(10-16)11-31(18(33)12-32)19(17)20(34)30-15-4-2-14(3-5-15)21(35,22(24,25)26)23(27,28)29/h2-7,10,19,32,35H,8-9,11-12H2,1H3,(H,30,34). The summed E-state index contributed by atoms with van der Waals surface area (Å²) in [6.07, 6.45) is -12.2. The summed E-state index contributed by atoms with van der Waals surface area (Å²) in [6.45, 7) is -1.34. The first-order valence-corrected chi connectivity index (χ1v) is 12.6. The quantitative estimate of drug-likeness (QED) is 0.406. The van der Waals surface area contributed by atoms with E-state index in [2.05, 4.69) is 5.32 Å². The van der Waals surface area contributed by atoms with Crippen LogP contribution in [0.5, 0.6) is 0 Å². The number of fused-ring (bicyclic) bond motifs is 1. The van der Waals surface area contributed by atoms with Gasteiger partial charge >= 0.3 is 12.4 Å². The first kappa shape index (κ1) is 30.3. The number of carbonyl (C=O) groups is 2. The van der Waals surface area contributed by atoms with Crippen molar-refractivity contribution in [2.75, 3.05) is 31.4 Å². The number of hydrogen-bond donors (Lipinski definition) is 3. The van der Waals surface area contributed by atoms with Gasteiger partial charge in [-0.25, -0.2) is 8.42 Å². The number of anilines is 1. The van der Waals surface area contributed by atoms with Crippen molar-refractivity contribution in [1.82, 2.24) is 4.90 Å². The maximum atomic E-state index is 13.1. The molecule has 1 atom stereocenters. The number of sulfone groups is 1. The Balaban J connectivity index is 1.92. The van der Waals surface area contributed by atoms with Gasteiger partial charge in [0.25, 0.3) is 11.5 Å². The fourth-order valence-electron chi connectivity index (χ4n) is 4.03. The first-order chi connectivity index (χ1) is 18.0. The molecule has 2 aromatic carbocycles. The minimum absolute atomic E-state index is 0.0816. The Bertz CT molecular complexity index is 1330. The van der Waals surface area contributed by atoms with Crippen LogP contribution in [-0.2, 0) is 36.3 Å². The van der Waals surface area contributed by atoms with Gasteiger partial charge in [0.2, 0.25) is 5.91 Å². The molecule has 1 heterocycles. The van der Waals surface area contributed by atoms with E-state index >= 15 is 0 Å². The van der Waals surface area contributed by atoms with Crippen LogP contribution in [0.2, 0.25) is 0 Å². The second-order valence-corrected chi connectivity index (χ2v) is 10.6. The van der Waals surface area contributed by atoms with E-state index in [1.54, 1.807) is 0 Å². The number of nitrogens with zero attached hydrogens (tertiary/aromatic N) is 1. The highest BCUT2D eigenvalue weighted by Crippen LogP contribution is 2.50. The normalized spacial score (nSPS) is 16.2. The SMILES string of the molecule is COCCS(=O)(=O)c1ccc2c(c1)CN(C(=O)CO)C2C(=O)Nc1ccc(C(O)(C(F)(F)F)C(F)(F)F)cc1. The number of alkyl halides is 6. The molecular weight excluding hydrogens is 562 g/mol. The lowest BCUT2D eigenvalue weighted by molar-refractivity contribution is -0.376. The Morgan fingerprint density at radius 2 is 1.64 bits per heavy atom. The van der Waals surface area contributed by atoms with Crippen molar-refractivity contribution in [1.29, 1.82) is 0 Å². The molecule has 3 N–H and O–H groups in total. The van der Waals surface area contributed by atoms with Crippen LogP contribution in [0, 0.1) is 0 Å². The topological polar surface area (TPSA) is 133 Å². The zero-order chi connectivity index (χ0) is 29.4. The van der Waals surface area contributed by atoms with Crippen molar-refractivity contribution in [3.63, 3.8) is 0 Å². The van der Waals surface area contributed by atoms with Crippen molar-refractivity contribution >= 4 is 27.3 Å². The number of benzene rings is 2. The lowest BCUT2D eigenvalue weighted by atomic mass is 9.92. The van der Waals surface area contributed by atoms with Crippen LogP contribution < -0.4 is 5.32 Å². The van der Waals surface area contributed by atoms with Crippen LogP contribution in [0.25, 0.3) is 0 Å². The molecule has 39 heavy (non-hydrogen) atoms. The van der Waals surface area contributed by atoms with Gasteiger partial charge < -0.3 is 25.2 Å². The monoisotopic (exact) mass is 584 g/mol. The largest absolute Gasteiger partial charge is 0.430 e. The summed E-state index contributed by atoms with van der Waals surface area (Å²) < 4.78 is 108. The van der Waals surface area contributed by atoms with E-state index in [-0.39, 0.29) is 40.6 Å². The van der Waals surface area contributed by atoms with E-state index < -0.39 is 57.8 Å². The number of amides is 2. The molecule has 0 saturated carbocycles. The molecule has 0 fully saturated rings. The number of aliphatic hydroxyl groups is 2. The van der Waals surface area contributed by atoms with Crippen LogP contribution in [0.1, 0.15) is 22.7 Å². The van der Waals surface area contributed by atoms with E-state index in [0.717, 1.165) is 4.90 Å². The molecule has 9 nitrogen and oxygen atoms in total. The second kappa shape index (κ2) is 10.7. The fraction of sp³-hybridized carbons (Fsp3) is 0.391. The third-order valence-electron chi connectivity index (χ3n) is 6.07. The maximum absolute atomic E-state index is 13.1. The molecule has 0 spiro atoms. The molecule has 0 radical (unpaired) electrons. The average Bonchev–Trinajstić information content (AvgIpc) is 3.24. The van der Waals surface area contributed by atoms with E-state index in [9.17, 15) is 54.6 Å². The summed E-state index contributed by atoms with van der Waals surface area (Å²) in [7, 11) is -2.45. The second-order valence-electron chi connectivity index (χ2n) is 8.53. The highest BCUT2D eigenvalue weighted by atomic mass is 32.2. The lowest BCUT2D eigenvalue weighted by Gasteiger charge is -2.32. The third-order valence-corrected chi connectivity index (χ3v) is 7.75. The predicted molar refractivity (Wildman–Crippen MR) is 122 cm³/mol. The smallest absolute Gasteiger partial charge is 0.387 e. The van der Waals surface area contributed by atoms with Gasteiger partial charge in [-0.05, 0) is 35.4 Å². The highest BCUT2D eigenvalue weighted by molar-refractivity contribution is 7.91. The fourth-order valence-corrected chi connectivity index (χ4v) is 5.25. The molecule has 0 saturated heterocycles. The van der Waals surface area contributed by atoms with Gasteiger partial charge in [-0.15, -0.1) is 0 Å². The van der Waals surface area contributed by atoms with Crippen LogP contribution in [0.4, 0.5) is 32.0 Å². The molecule has 1 aliphatic rings. The van der Waals surface area contributed by atoms with Crippen molar-refractivity contribution in [2.24, 2.45) is 0 Å². The van der Waals surface area contributed by atoms with Gasteiger partial charge in [0, 0.05) is 24.9 Å². The number of nitrogens with one attached hydrogen (secondary N) is 1. The molecule has 0 bridgehead atoms. The summed E-state index contributed by atoms with van der Waals surface area (Å²) in [6, 6.07) is 4.44. The van der Waals surface area contributed by atoms with Crippen LogP contribution >= 0.6 is 0 Å². The molecular formula is C23H22F6N2O7S. The van der Waals surface area contributed by atoms with Crippen LogP contribution in [-0.4, -0.2) is 73.8 Å². The molecule has 3 rings (SSSR count). The number of halogens is 6. The molecule has 1 unspecified atom stereocenters. The number of aliphatic hydroxyl groups excluding tert-OH is 1. The Labute approximate surface area is 217 Å². The lowest BCUT2D eigenvalue weighted by Crippen LogP contribution is -2.53. The maximum Gasteiger partial charge on any atom is 0.430 e. The van der Waals surface area contributed by atoms with Gasteiger partial charge in [-0.2, -0.15) is 26.3 Å². The summed E-state index contributed by atoms with van der Waals surface area (Å²) >= 11 is 0. The average molecular weight is 584 g/mol. The van der Waals surface area contributed by atoms with E-state index in [4.69, 9.17) is 4.74 Å². The van der Waals surface area contributed by atoms with Crippen LogP contribution in [0.3, 0.4) is 0 Å². The minimum Gasteiger partial charge on any atom is -0.387 e. The van der Waals surface area contributed by atoms with Crippen molar-refractivity contribution < 1.29 is 59.3 Å². The van der Waals surface area contributed by atoms with Gasteiger partial charge in [0.1, 0.15) is 12.6 Å². The van der Waals surface area contributed by atoms with E-state index in [1.807, 2.05) is 0 Å². The molecule has 16 heteroatoms. The van der Waals surface area contributed by atoms with E-state index in [1.165, 1.54) is 25.3 Å². The Hall–Kier alpha value is -3.21. The van der Waals surface area contributed by atoms with Gasteiger partial charge in [0.05, 0.1) is 17.3 Å². The minimum atomic E-state index is -6.09. The Morgan fingerprint density at radius 1 is 1.05 bits per heavy atom. The molecule has 2 aromatic rings. The molecule has 214 valence electrons. The Morgan fingerprint density at radius 3 is 2.15 bits per heavy atom. The van der Waals surface area contributed by atoms with Gasteiger partial charge in [-0.3, -0.25) is 9.59 Å². The summed E-state index contributed by atoms with van der Waals surface area (Å²) in [5, 5.41) is 21.1.